The number of nitrogens with one attached hydrogen (secondary N) is 2. The molecular weight excluding hydrogens is 208 g/mol. The fourth-order valence-electron chi connectivity index (χ4n) is 1.10. The number of hydrogen-bond donors (Lipinski definition) is 3. The first kappa shape index (κ1) is 12.0. The zero-order valence-electron chi connectivity index (χ0n) is 8.99. The van der Waals surface area contributed by atoms with Gasteiger partial charge in [-0.25, -0.2) is 0 Å². The van der Waals surface area contributed by atoms with E-state index in [1.807, 2.05) is 0 Å². The Labute approximate surface area is 93.2 Å². The SMILES string of the molecule is CNc1ccnc(C(=O)NCCC(N)=O)c1. The largest absolute Gasteiger partial charge is 0.388 e. The van der Waals surface area contributed by atoms with E-state index < -0.39 is 5.91 Å². The highest BCUT2D eigenvalue weighted by Crippen LogP contribution is 2.06. The lowest BCUT2D eigenvalue weighted by atomic mass is 10.3. The Kier molecular flexibility index (Phi) is 4.26. The third-order valence-electron chi connectivity index (χ3n) is 1.94. The minimum Gasteiger partial charge on any atom is -0.388 e. The number of aromatic nitrogens is 1. The summed E-state index contributed by atoms with van der Waals surface area (Å²) in [6.45, 7) is 0.222. The Morgan fingerprint density at radius 2 is 2.25 bits per heavy atom. The molecule has 6 heteroatoms. The number of carbonyl (C=O) groups excluding carboxylic acids is 2. The molecule has 6 nitrogen and oxygen atoms in total. The Hall–Kier alpha value is -2.11. The fraction of sp³-hybridized carbons (Fsp3) is 0.300. The quantitative estimate of drug-likeness (QED) is 0.638. The average molecular weight is 222 g/mol. The molecule has 0 bridgehead atoms. The van der Waals surface area contributed by atoms with Crippen molar-refractivity contribution in [2.75, 3.05) is 18.9 Å². The average Bonchev–Trinajstić information content (AvgIpc) is 2.28. The summed E-state index contributed by atoms with van der Waals surface area (Å²) >= 11 is 0. The first-order chi connectivity index (χ1) is 7.63. The van der Waals surface area contributed by atoms with Crippen LogP contribution in [0.1, 0.15) is 16.9 Å². The Morgan fingerprint density at radius 3 is 2.88 bits per heavy atom. The molecule has 0 unspecified atom stereocenters. The van der Waals surface area contributed by atoms with Crippen LogP contribution in [0.3, 0.4) is 0 Å². The van der Waals surface area contributed by atoms with Crippen molar-refractivity contribution in [1.82, 2.24) is 10.3 Å². The zero-order valence-corrected chi connectivity index (χ0v) is 8.99. The van der Waals surface area contributed by atoms with Crippen molar-refractivity contribution in [1.29, 1.82) is 0 Å². The molecule has 0 aromatic carbocycles. The van der Waals surface area contributed by atoms with Crippen LogP contribution in [0.15, 0.2) is 18.3 Å². The van der Waals surface area contributed by atoms with Crippen LogP contribution in [-0.4, -0.2) is 30.4 Å². The summed E-state index contributed by atoms with van der Waals surface area (Å²) in [5.41, 5.74) is 6.05. The molecule has 0 aliphatic heterocycles. The molecule has 0 saturated heterocycles. The van der Waals surface area contributed by atoms with Crippen LogP contribution < -0.4 is 16.4 Å². The van der Waals surface area contributed by atoms with Crippen molar-refractivity contribution in [3.8, 4) is 0 Å². The van der Waals surface area contributed by atoms with E-state index in [2.05, 4.69) is 15.6 Å². The summed E-state index contributed by atoms with van der Waals surface area (Å²) in [5.74, 6) is -0.768. The van der Waals surface area contributed by atoms with Crippen molar-refractivity contribution < 1.29 is 9.59 Å². The highest BCUT2D eigenvalue weighted by atomic mass is 16.2. The van der Waals surface area contributed by atoms with E-state index in [0.29, 0.717) is 5.69 Å². The molecule has 0 spiro atoms. The lowest BCUT2D eigenvalue weighted by Gasteiger charge is -2.04. The van der Waals surface area contributed by atoms with Gasteiger partial charge >= 0.3 is 0 Å². The van der Waals surface area contributed by atoms with Crippen molar-refractivity contribution >= 4 is 17.5 Å². The lowest BCUT2D eigenvalue weighted by Crippen LogP contribution is -2.28. The second-order valence-corrected chi connectivity index (χ2v) is 3.15. The van der Waals surface area contributed by atoms with Crippen LogP contribution in [-0.2, 0) is 4.79 Å². The zero-order chi connectivity index (χ0) is 12.0. The molecule has 1 rings (SSSR count). The number of carbonyl (C=O) groups is 2. The third kappa shape index (κ3) is 3.56. The van der Waals surface area contributed by atoms with Gasteiger partial charge in [0.05, 0.1) is 0 Å². The van der Waals surface area contributed by atoms with Gasteiger partial charge in [-0.05, 0) is 12.1 Å². The van der Waals surface area contributed by atoms with E-state index in [9.17, 15) is 9.59 Å². The van der Waals surface area contributed by atoms with Gasteiger partial charge in [-0.15, -0.1) is 0 Å². The van der Waals surface area contributed by atoms with Crippen LogP contribution in [0.5, 0.6) is 0 Å². The molecule has 1 aromatic heterocycles. The summed E-state index contributed by atoms with van der Waals surface area (Å²) in [6, 6.07) is 3.37. The van der Waals surface area contributed by atoms with Crippen molar-refractivity contribution in [3.63, 3.8) is 0 Å². The number of rotatable bonds is 5. The van der Waals surface area contributed by atoms with E-state index in [4.69, 9.17) is 5.73 Å². The molecule has 1 heterocycles. The monoisotopic (exact) mass is 222 g/mol. The second-order valence-electron chi connectivity index (χ2n) is 3.15. The van der Waals surface area contributed by atoms with Gasteiger partial charge in [0.25, 0.3) is 5.91 Å². The van der Waals surface area contributed by atoms with Crippen LogP contribution in [0.4, 0.5) is 5.69 Å². The van der Waals surface area contributed by atoms with Gasteiger partial charge in [0.15, 0.2) is 0 Å². The predicted molar refractivity (Wildman–Crippen MR) is 59.9 cm³/mol. The van der Waals surface area contributed by atoms with Crippen molar-refractivity contribution in [3.05, 3.63) is 24.0 Å². The van der Waals surface area contributed by atoms with Gasteiger partial charge in [0.1, 0.15) is 5.69 Å². The first-order valence-electron chi connectivity index (χ1n) is 4.84. The Bertz CT molecular complexity index is 392. The minimum atomic E-state index is -0.447. The molecule has 0 aliphatic carbocycles. The molecular formula is C10H14N4O2. The Morgan fingerprint density at radius 1 is 1.50 bits per heavy atom. The number of nitrogens with zero attached hydrogens (tertiary/aromatic N) is 1. The highest BCUT2D eigenvalue weighted by Gasteiger charge is 2.07. The lowest BCUT2D eigenvalue weighted by molar-refractivity contribution is -0.117. The smallest absolute Gasteiger partial charge is 0.269 e. The molecule has 16 heavy (non-hydrogen) atoms. The summed E-state index contributed by atoms with van der Waals surface area (Å²) in [6.07, 6.45) is 1.66. The third-order valence-corrected chi connectivity index (χ3v) is 1.94. The summed E-state index contributed by atoms with van der Waals surface area (Å²) in [5, 5.41) is 5.45. The maximum absolute atomic E-state index is 11.5. The van der Waals surface area contributed by atoms with Crippen LogP contribution in [0, 0.1) is 0 Å². The fourth-order valence-corrected chi connectivity index (χ4v) is 1.10. The molecule has 0 fully saturated rings. The van der Waals surface area contributed by atoms with Gasteiger partial charge in [0, 0.05) is 31.9 Å². The number of pyridine rings is 1. The van der Waals surface area contributed by atoms with Crippen LogP contribution >= 0.6 is 0 Å². The molecule has 0 atom stereocenters. The molecule has 4 N–H and O–H groups in total. The van der Waals surface area contributed by atoms with E-state index in [0.717, 1.165) is 5.69 Å². The van der Waals surface area contributed by atoms with E-state index >= 15 is 0 Å². The standard InChI is InChI=1S/C10H14N4O2/c1-12-7-2-4-13-8(6-7)10(16)14-5-3-9(11)15/h2,4,6H,3,5H2,1H3,(H2,11,15)(H,12,13)(H,14,16). The van der Waals surface area contributed by atoms with Gasteiger partial charge in [-0.1, -0.05) is 0 Å². The van der Waals surface area contributed by atoms with Gasteiger partial charge in [0.2, 0.25) is 5.91 Å². The number of nitrogens with two attached hydrogens (primary N) is 1. The highest BCUT2D eigenvalue weighted by molar-refractivity contribution is 5.93. The van der Waals surface area contributed by atoms with Gasteiger partial charge < -0.3 is 16.4 Å². The van der Waals surface area contributed by atoms with Crippen LogP contribution in [0.25, 0.3) is 0 Å². The van der Waals surface area contributed by atoms with Crippen LogP contribution in [0.2, 0.25) is 0 Å². The topological polar surface area (TPSA) is 97.1 Å². The van der Waals surface area contributed by atoms with E-state index in [1.54, 1.807) is 19.2 Å². The molecule has 0 saturated carbocycles. The summed E-state index contributed by atoms with van der Waals surface area (Å²) in [4.78, 5) is 25.9. The van der Waals surface area contributed by atoms with E-state index in [1.165, 1.54) is 6.20 Å². The molecule has 1 aromatic rings. The maximum Gasteiger partial charge on any atom is 0.269 e. The van der Waals surface area contributed by atoms with Crippen molar-refractivity contribution in [2.45, 2.75) is 6.42 Å². The van der Waals surface area contributed by atoms with Gasteiger partial charge in [-0.3, -0.25) is 14.6 Å². The molecule has 0 radical (unpaired) electrons. The molecule has 2 amide bonds. The number of primary amides is 1. The van der Waals surface area contributed by atoms with Crippen molar-refractivity contribution in [2.24, 2.45) is 5.73 Å². The van der Waals surface area contributed by atoms with E-state index in [-0.39, 0.29) is 18.9 Å². The number of anilines is 1. The summed E-state index contributed by atoms with van der Waals surface area (Å²) in [7, 11) is 1.75. The second kappa shape index (κ2) is 5.69. The summed E-state index contributed by atoms with van der Waals surface area (Å²) < 4.78 is 0. The first-order valence-corrected chi connectivity index (χ1v) is 4.84. The molecule has 0 aliphatic rings. The van der Waals surface area contributed by atoms with Gasteiger partial charge in [-0.2, -0.15) is 0 Å². The number of hydrogen-bond acceptors (Lipinski definition) is 4. The maximum atomic E-state index is 11.5. The Balaban J connectivity index is 2.55. The normalized spacial score (nSPS) is 9.56. The minimum absolute atomic E-state index is 0.122. The molecule has 86 valence electrons. The predicted octanol–water partition coefficient (Wildman–Crippen LogP) is -0.271. The number of amides is 2.